The Morgan fingerprint density at radius 1 is 1.08 bits per heavy atom. The van der Waals surface area contributed by atoms with E-state index in [-0.39, 0.29) is 11.1 Å². The Morgan fingerprint density at radius 2 is 1.80 bits per heavy atom. The number of nitrogens with zero attached hydrogens (tertiary/aromatic N) is 3. The molecule has 3 rings (SSSR count). The van der Waals surface area contributed by atoms with Crippen molar-refractivity contribution >= 4 is 10.0 Å². The van der Waals surface area contributed by atoms with E-state index in [4.69, 9.17) is 0 Å². The lowest BCUT2D eigenvalue weighted by molar-refractivity contribution is 0.563. The summed E-state index contributed by atoms with van der Waals surface area (Å²) < 4.78 is 29.2. The number of aryl methyl sites for hydroxylation is 2. The fraction of sp³-hybridized carbons (Fsp3) is 0.222. The first-order chi connectivity index (χ1) is 11.9. The predicted octanol–water partition coefficient (Wildman–Crippen LogP) is 2.92. The zero-order valence-corrected chi connectivity index (χ0v) is 15.2. The van der Waals surface area contributed by atoms with Crippen LogP contribution in [0.25, 0.3) is 5.69 Å². The van der Waals surface area contributed by atoms with Crippen LogP contribution in [0.2, 0.25) is 0 Å². The number of aromatic nitrogens is 3. The number of hydrogen-bond acceptors (Lipinski definition) is 4. The average molecular weight is 356 g/mol. The molecule has 0 saturated heterocycles. The van der Waals surface area contributed by atoms with Gasteiger partial charge < -0.3 is 0 Å². The maximum atomic E-state index is 12.4. The maximum Gasteiger partial charge on any atom is 0.258 e. The van der Waals surface area contributed by atoms with E-state index in [0.717, 1.165) is 22.6 Å². The average Bonchev–Trinajstić information content (AvgIpc) is 2.94. The highest BCUT2D eigenvalue weighted by molar-refractivity contribution is 7.89. The van der Waals surface area contributed by atoms with Crippen LogP contribution in [0, 0.1) is 13.8 Å². The molecule has 0 unspecified atom stereocenters. The molecule has 0 bridgehead atoms. The number of nitrogens with one attached hydrogen (secondary N) is 1. The van der Waals surface area contributed by atoms with Crippen molar-refractivity contribution in [3.05, 3.63) is 71.7 Å². The number of rotatable bonds is 5. The zero-order chi connectivity index (χ0) is 18.0. The van der Waals surface area contributed by atoms with Gasteiger partial charge in [-0.1, -0.05) is 18.2 Å². The van der Waals surface area contributed by atoms with Crippen LogP contribution < -0.4 is 4.72 Å². The lowest BCUT2D eigenvalue weighted by Crippen LogP contribution is -2.27. The van der Waals surface area contributed by atoms with E-state index in [9.17, 15) is 8.42 Å². The van der Waals surface area contributed by atoms with Gasteiger partial charge in [-0.05, 0) is 56.7 Å². The van der Waals surface area contributed by atoms with Crippen molar-refractivity contribution in [1.82, 2.24) is 19.5 Å². The second-order valence-corrected chi connectivity index (χ2v) is 7.60. The molecule has 0 aliphatic rings. The minimum atomic E-state index is -3.65. The summed E-state index contributed by atoms with van der Waals surface area (Å²) in [5.74, 6) is 0. The van der Waals surface area contributed by atoms with Crippen LogP contribution in [0.5, 0.6) is 0 Å². The largest absolute Gasteiger partial charge is 0.258 e. The third kappa shape index (κ3) is 3.78. The van der Waals surface area contributed by atoms with Crippen molar-refractivity contribution in [3.63, 3.8) is 0 Å². The molecule has 0 amide bonds. The molecule has 0 aliphatic carbocycles. The highest BCUT2D eigenvalue weighted by Crippen LogP contribution is 2.19. The van der Waals surface area contributed by atoms with Crippen LogP contribution in [0.1, 0.15) is 29.9 Å². The predicted molar refractivity (Wildman–Crippen MR) is 96.0 cm³/mol. The molecule has 130 valence electrons. The molecule has 6 nitrogen and oxygen atoms in total. The molecule has 1 N–H and O–H groups in total. The fourth-order valence-corrected chi connectivity index (χ4v) is 3.84. The molecule has 0 saturated carbocycles. The van der Waals surface area contributed by atoms with Crippen LogP contribution in [0.15, 0.2) is 59.8 Å². The second-order valence-electron chi connectivity index (χ2n) is 5.94. The van der Waals surface area contributed by atoms with Crippen molar-refractivity contribution in [2.75, 3.05) is 0 Å². The van der Waals surface area contributed by atoms with Gasteiger partial charge in [0.15, 0.2) is 5.03 Å². The minimum absolute atomic E-state index is 0.0149. The lowest BCUT2D eigenvalue weighted by atomic mass is 10.1. The standard InChI is InChI=1S/C18H20N4O2S/c1-13-12-14(2)22(20-13)17-9-7-16(8-10-17)15(3)21-25(23,24)18-6-4-5-11-19-18/h4-12,15,21H,1-3H3/t15-/m1/s1. The van der Waals surface area contributed by atoms with Crippen molar-refractivity contribution in [2.24, 2.45) is 0 Å². The first-order valence-corrected chi connectivity index (χ1v) is 9.42. The molecule has 3 aromatic rings. The van der Waals surface area contributed by atoms with Crippen LogP contribution in [-0.4, -0.2) is 23.2 Å². The van der Waals surface area contributed by atoms with Gasteiger partial charge in [0.25, 0.3) is 10.0 Å². The Hall–Kier alpha value is -2.51. The van der Waals surface area contributed by atoms with Gasteiger partial charge in [0.1, 0.15) is 0 Å². The van der Waals surface area contributed by atoms with Crippen LogP contribution in [0.4, 0.5) is 0 Å². The summed E-state index contributed by atoms with van der Waals surface area (Å²) in [6.45, 7) is 5.75. The van der Waals surface area contributed by atoms with E-state index in [1.807, 2.05) is 48.9 Å². The first kappa shape index (κ1) is 17.3. The normalized spacial score (nSPS) is 12.9. The van der Waals surface area contributed by atoms with E-state index >= 15 is 0 Å². The van der Waals surface area contributed by atoms with Crippen LogP contribution in [-0.2, 0) is 10.0 Å². The number of hydrogen-bond donors (Lipinski definition) is 1. The molecular weight excluding hydrogens is 336 g/mol. The molecule has 1 atom stereocenters. The lowest BCUT2D eigenvalue weighted by Gasteiger charge is -2.15. The summed E-state index contributed by atoms with van der Waals surface area (Å²) in [5, 5.41) is 4.47. The molecular formula is C18H20N4O2S. The zero-order valence-electron chi connectivity index (χ0n) is 14.3. The summed E-state index contributed by atoms with van der Waals surface area (Å²) in [6, 6.07) is 14.1. The van der Waals surface area contributed by atoms with Gasteiger partial charge in [-0.15, -0.1) is 0 Å². The Kier molecular flexibility index (Phi) is 4.69. The summed E-state index contributed by atoms with van der Waals surface area (Å²) in [6.07, 6.45) is 1.46. The highest BCUT2D eigenvalue weighted by atomic mass is 32.2. The topological polar surface area (TPSA) is 76.9 Å². The summed E-state index contributed by atoms with van der Waals surface area (Å²) in [7, 11) is -3.65. The van der Waals surface area contributed by atoms with E-state index in [1.54, 1.807) is 19.1 Å². The maximum absolute atomic E-state index is 12.4. The molecule has 25 heavy (non-hydrogen) atoms. The number of sulfonamides is 1. The Bertz CT molecular complexity index is 964. The van der Waals surface area contributed by atoms with Crippen molar-refractivity contribution in [3.8, 4) is 5.69 Å². The SMILES string of the molecule is Cc1cc(C)n(-c2ccc([C@@H](C)NS(=O)(=O)c3ccccn3)cc2)n1. The third-order valence-electron chi connectivity index (χ3n) is 3.89. The van der Waals surface area contributed by atoms with Gasteiger partial charge in [-0.25, -0.2) is 22.8 Å². The van der Waals surface area contributed by atoms with E-state index < -0.39 is 10.0 Å². The Morgan fingerprint density at radius 3 is 2.36 bits per heavy atom. The Labute approximate surface area is 147 Å². The first-order valence-electron chi connectivity index (χ1n) is 7.94. The molecule has 0 aliphatic heterocycles. The monoisotopic (exact) mass is 356 g/mol. The summed E-state index contributed by atoms with van der Waals surface area (Å²) in [5.41, 5.74) is 3.81. The van der Waals surface area contributed by atoms with Gasteiger partial charge in [-0.2, -0.15) is 5.10 Å². The summed E-state index contributed by atoms with van der Waals surface area (Å²) >= 11 is 0. The van der Waals surface area contributed by atoms with Gasteiger partial charge in [0.05, 0.1) is 11.4 Å². The minimum Gasteiger partial charge on any atom is -0.243 e. The van der Waals surface area contributed by atoms with Crippen LogP contribution >= 0.6 is 0 Å². The summed E-state index contributed by atoms with van der Waals surface area (Å²) in [4.78, 5) is 3.90. The van der Waals surface area contributed by atoms with E-state index in [0.29, 0.717) is 0 Å². The smallest absolute Gasteiger partial charge is 0.243 e. The van der Waals surface area contributed by atoms with E-state index in [2.05, 4.69) is 14.8 Å². The number of benzene rings is 1. The molecule has 0 radical (unpaired) electrons. The van der Waals surface area contributed by atoms with Crippen LogP contribution in [0.3, 0.4) is 0 Å². The Balaban J connectivity index is 1.79. The van der Waals surface area contributed by atoms with Crippen molar-refractivity contribution < 1.29 is 8.42 Å². The van der Waals surface area contributed by atoms with Gasteiger partial charge in [-0.3, -0.25) is 0 Å². The third-order valence-corrected chi connectivity index (χ3v) is 5.35. The number of pyridine rings is 1. The molecule has 0 spiro atoms. The quantitative estimate of drug-likeness (QED) is 0.762. The second kappa shape index (κ2) is 6.78. The molecule has 7 heteroatoms. The van der Waals surface area contributed by atoms with Crippen molar-refractivity contribution in [1.29, 1.82) is 0 Å². The van der Waals surface area contributed by atoms with Crippen molar-refractivity contribution in [2.45, 2.75) is 31.8 Å². The molecule has 0 fully saturated rings. The molecule has 2 heterocycles. The van der Waals surface area contributed by atoms with Gasteiger partial charge >= 0.3 is 0 Å². The van der Waals surface area contributed by atoms with Gasteiger partial charge in [0.2, 0.25) is 0 Å². The van der Waals surface area contributed by atoms with Gasteiger partial charge in [0, 0.05) is 17.9 Å². The molecule has 2 aromatic heterocycles. The fourth-order valence-electron chi connectivity index (χ4n) is 2.66. The molecule has 1 aromatic carbocycles. The highest BCUT2D eigenvalue weighted by Gasteiger charge is 2.19. The van der Waals surface area contributed by atoms with E-state index in [1.165, 1.54) is 12.3 Å².